The van der Waals surface area contributed by atoms with Gasteiger partial charge in [-0.15, -0.1) is 0 Å². The highest BCUT2D eigenvalue weighted by atomic mass is 16.3. The number of nitrogens with one attached hydrogen (secondary N) is 3. The molecule has 0 spiro atoms. The summed E-state index contributed by atoms with van der Waals surface area (Å²) >= 11 is 0. The van der Waals surface area contributed by atoms with Crippen LogP contribution in [0.1, 0.15) is 89.8 Å². The predicted molar refractivity (Wildman–Crippen MR) is 182 cm³/mol. The maximum absolute atomic E-state index is 13.6. The molecule has 258 valence electrons. The van der Waals surface area contributed by atoms with Crippen LogP contribution in [0.3, 0.4) is 0 Å². The summed E-state index contributed by atoms with van der Waals surface area (Å²) in [6.07, 6.45) is 13.1. The summed E-state index contributed by atoms with van der Waals surface area (Å²) in [7, 11) is 0. The second-order valence-electron chi connectivity index (χ2n) is 13.0. The molecule has 3 atom stereocenters. The Morgan fingerprint density at radius 1 is 0.979 bits per heavy atom. The highest BCUT2D eigenvalue weighted by Gasteiger charge is 2.35. The molecule has 0 bridgehead atoms. The highest BCUT2D eigenvalue weighted by Crippen LogP contribution is 2.18. The lowest BCUT2D eigenvalue weighted by molar-refractivity contribution is -0.138. The minimum absolute atomic E-state index is 0.0743. The van der Waals surface area contributed by atoms with Crippen molar-refractivity contribution in [1.82, 2.24) is 30.4 Å². The number of nitrogens with zero attached hydrogens (tertiary/aromatic N) is 3. The van der Waals surface area contributed by atoms with Crippen LogP contribution >= 0.6 is 0 Å². The van der Waals surface area contributed by atoms with Crippen LogP contribution in [0, 0.1) is 5.92 Å². The molecule has 0 unspecified atom stereocenters. The number of hydrogen-bond acceptors (Lipinski definition) is 6. The number of unbranched alkanes of at least 4 members (excludes halogenated alkanes) is 5. The first-order valence-corrected chi connectivity index (χ1v) is 17.1. The third-order valence-corrected chi connectivity index (χ3v) is 8.59. The fourth-order valence-electron chi connectivity index (χ4n) is 6.06. The van der Waals surface area contributed by atoms with Crippen LogP contribution in [0.5, 0.6) is 0 Å². The molecule has 1 aromatic heterocycles. The van der Waals surface area contributed by atoms with E-state index in [9.17, 15) is 24.3 Å². The Balaban J connectivity index is 1.58. The van der Waals surface area contributed by atoms with E-state index in [0.717, 1.165) is 44.3 Å². The van der Waals surface area contributed by atoms with Gasteiger partial charge in [-0.2, -0.15) is 0 Å². The molecular weight excluding hydrogens is 596 g/mol. The molecule has 11 nitrogen and oxygen atoms in total. The summed E-state index contributed by atoms with van der Waals surface area (Å²) < 4.78 is 2.01. The van der Waals surface area contributed by atoms with E-state index >= 15 is 0 Å². The number of amides is 4. The first-order valence-electron chi connectivity index (χ1n) is 17.1. The molecule has 47 heavy (non-hydrogen) atoms. The molecule has 0 saturated carbocycles. The van der Waals surface area contributed by atoms with E-state index in [-0.39, 0.29) is 29.9 Å². The largest absolute Gasteiger partial charge is 0.390 e. The fourth-order valence-corrected chi connectivity index (χ4v) is 6.06. The van der Waals surface area contributed by atoms with Crippen molar-refractivity contribution in [3.05, 3.63) is 66.4 Å². The van der Waals surface area contributed by atoms with Gasteiger partial charge < -0.3 is 30.5 Å². The molecule has 11 heteroatoms. The first-order chi connectivity index (χ1) is 22.6. The average molecular weight is 651 g/mol. The van der Waals surface area contributed by atoms with Gasteiger partial charge in [0, 0.05) is 44.0 Å². The molecule has 4 N–H and O–H groups in total. The maximum atomic E-state index is 13.6. The second-order valence-corrected chi connectivity index (χ2v) is 13.0. The lowest BCUT2D eigenvalue weighted by atomic mass is 10.0. The third kappa shape index (κ3) is 12.6. The third-order valence-electron chi connectivity index (χ3n) is 8.59. The Bertz CT molecular complexity index is 1310. The minimum atomic E-state index is -1.00. The number of benzene rings is 1. The monoisotopic (exact) mass is 650 g/mol. The lowest BCUT2D eigenvalue weighted by Gasteiger charge is -2.27. The van der Waals surface area contributed by atoms with E-state index in [4.69, 9.17) is 0 Å². The quantitative estimate of drug-likeness (QED) is 0.161. The van der Waals surface area contributed by atoms with Crippen molar-refractivity contribution in [2.24, 2.45) is 5.92 Å². The number of rotatable bonds is 20. The summed E-state index contributed by atoms with van der Waals surface area (Å²) in [5, 5.41) is 17.7. The van der Waals surface area contributed by atoms with Crippen molar-refractivity contribution in [3.8, 4) is 0 Å². The van der Waals surface area contributed by atoms with Gasteiger partial charge in [0.1, 0.15) is 18.1 Å². The highest BCUT2D eigenvalue weighted by molar-refractivity contribution is 5.94. The van der Waals surface area contributed by atoms with Crippen LogP contribution in [0.2, 0.25) is 0 Å². The molecule has 1 aliphatic rings. The van der Waals surface area contributed by atoms with E-state index in [1.54, 1.807) is 12.5 Å². The number of aromatic nitrogens is 2. The average Bonchev–Trinajstić information content (AvgIpc) is 3.72. The molecule has 0 radical (unpaired) electrons. The summed E-state index contributed by atoms with van der Waals surface area (Å²) in [6.45, 7) is 9.81. The van der Waals surface area contributed by atoms with Gasteiger partial charge in [-0.3, -0.25) is 19.2 Å². The number of aliphatic hydroxyl groups excluding tert-OH is 1. The van der Waals surface area contributed by atoms with Crippen LogP contribution in [0.15, 0.2) is 55.1 Å². The van der Waals surface area contributed by atoms with Crippen LogP contribution in [0.25, 0.3) is 0 Å². The Morgan fingerprint density at radius 2 is 1.68 bits per heavy atom. The molecule has 4 amide bonds. The second kappa shape index (κ2) is 19.6. The van der Waals surface area contributed by atoms with Gasteiger partial charge in [0.05, 0.1) is 12.9 Å². The zero-order valence-corrected chi connectivity index (χ0v) is 28.4. The van der Waals surface area contributed by atoms with E-state index in [1.807, 2.05) is 24.5 Å². The van der Waals surface area contributed by atoms with Crippen LogP contribution in [0.4, 0.5) is 0 Å². The van der Waals surface area contributed by atoms with Gasteiger partial charge in [-0.25, -0.2) is 4.98 Å². The van der Waals surface area contributed by atoms with Crippen LogP contribution in [-0.2, 0) is 38.6 Å². The SMILES string of the molecule is C=C(CO)NC(=O)[C@H](Cc1cncn1CCCCCCCCc1ccccc1)NC(=O)[C@H](CC(C)C)NC(=O)[C@@H]1CCCN1C(C)=O. The van der Waals surface area contributed by atoms with Gasteiger partial charge in [-0.05, 0) is 50.0 Å². The molecular formula is C36H54N6O5. The van der Waals surface area contributed by atoms with Gasteiger partial charge in [0.15, 0.2) is 0 Å². The summed E-state index contributed by atoms with van der Waals surface area (Å²) in [5.74, 6) is -1.49. The zero-order valence-electron chi connectivity index (χ0n) is 28.4. The van der Waals surface area contributed by atoms with Gasteiger partial charge in [-0.1, -0.05) is 76.4 Å². The Kier molecular flexibility index (Phi) is 15.6. The zero-order chi connectivity index (χ0) is 34.2. The number of likely N-dealkylation sites (tertiary alicyclic amines) is 1. The molecule has 2 heterocycles. The van der Waals surface area contributed by atoms with Gasteiger partial charge in [0.2, 0.25) is 23.6 Å². The molecule has 2 aromatic rings. The van der Waals surface area contributed by atoms with Crippen molar-refractivity contribution in [1.29, 1.82) is 0 Å². The summed E-state index contributed by atoms with van der Waals surface area (Å²) in [4.78, 5) is 58.0. The maximum Gasteiger partial charge on any atom is 0.247 e. The number of carbonyl (C=O) groups excluding carboxylic acids is 4. The number of hydrogen-bond donors (Lipinski definition) is 4. The van der Waals surface area contributed by atoms with Crippen LogP contribution < -0.4 is 16.0 Å². The number of imidazole rings is 1. The van der Waals surface area contributed by atoms with Gasteiger partial charge in [0.25, 0.3) is 0 Å². The van der Waals surface area contributed by atoms with Crippen molar-refractivity contribution < 1.29 is 24.3 Å². The molecule has 1 aromatic carbocycles. The minimum Gasteiger partial charge on any atom is -0.390 e. The predicted octanol–water partition coefficient (Wildman–Crippen LogP) is 3.66. The standard InChI is InChI=1S/C36H54N6O5/c1-26(2)21-31(40-36(47)33-18-14-20-42(33)28(4)44)35(46)39-32(34(45)38-27(3)24-43)22-30-23-37-25-41(30)19-13-8-6-5-7-10-15-29-16-11-9-12-17-29/h9,11-12,16-17,23,25-26,31-33,43H,3,5-8,10,13-15,18-22,24H2,1-2,4H3,(H,38,45)(H,39,46)(H,40,47)/t31-,32-,33-/m0/s1. The van der Waals surface area contributed by atoms with E-state index in [1.165, 1.54) is 36.6 Å². The first kappa shape index (κ1) is 37.5. The van der Waals surface area contributed by atoms with E-state index < -0.39 is 36.5 Å². The molecule has 1 saturated heterocycles. The van der Waals surface area contributed by atoms with Crippen molar-refractivity contribution in [2.75, 3.05) is 13.2 Å². The van der Waals surface area contributed by atoms with Crippen LogP contribution in [-0.4, -0.2) is 74.5 Å². The summed E-state index contributed by atoms with van der Waals surface area (Å²) in [5.41, 5.74) is 2.29. The van der Waals surface area contributed by atoms with E-state index in [2.05, 4.69) is 51.8 Å². The molecule has 3 rings (SSSR count). The topological polar surface area (TPSA) is 146 Å². The lowest BCUT2D eigenvalue weighted by Crippen LogP contribution is -2.57. The molecule has 0 aliphatic carbocycles. The number of aryl methyl sites for hydroxylation is 2. The number of carbonyl (C=O) groups is 4. The smallest absolute Gasteiger partial charge is 0.247 e. The fraction of sp³-hybridized carbons (Fsp3) is 0.583. The number of aliphatic hydroxyl groups is 1. The summed E-state index contributed by atoms with van der Waals surface area (Å²) in [6, 6.07) is 8.04. The van der Waals surface area contributed by atoms with Crippen molar-refractivity contribution in [2.45, 2.75) is 116 Å². The van der Waals surface area contributed by atoms with Gasteiger partial charge >= 0.3 is 0 Å². The normalized spacial score (nSPS) is 15.7. The molecule has 1 fully saturated rings. The Labute approximate surface area is 279 Å². The van der Waals surface area contributed by atoms with E-state index in [0.29, 0.717) is 19.4 Å². The van der Waals surface area contributed by atoms with Crippen molar-refractivity contribution >= 4 is 23.6 Å². The Morgan fingerprint density at radius 3 is 2.36 bits per heavy atom. The molecule has 1 aliphatic heterocycles. The Hall–Kier alpha value is -3.99. The van der Waals surface area contributed by atoms with Crippen molar-refractivity contribution in [3.63, 3.8) is 0 Å².